The van der Waals surface area contributed by atoms with Gasteiger partial charge in [-0.15, -0.1) is 0 Å². The van der Waals surface area contributed by atoms with E-state index in [1.165, 1.54) is 12.8 Å². The van der Waals surface area contributed by atoms with Crippen LogP contribution in [0.15, 0.2) is 42.6 Å². The van der Waals surface area contributed by atoms with Crippen molar-refractivity contribution >= 4 is 17.7 Å². The number of anilines is 1. The molecule has 7 nitrogen and oxygen atoms in total. The zero-order valence-electron chi connectivity index (χ0n) is 21.1. The Kier molecular flexibility index (Phi) is 8.30. The fourth-order valence-corrected chi connectivity index (χ4v) is 6.54. The third-order valence-corrected chi connectivity index (χ3v) is 8.50. The van der Waals surface area contributed by atoms with E-state index in [9.17, 15) is 9.59 Å². The Morgan fingerprint density at radius 1 is 1.06 bits per heavy atom. The molecule has 1 aromatic carbocycles. The van der Waals surface area contributed by atoms with Gasteiger partial charge < -0.3 is 26.9 Å². The number of nitrogens with zero attached hydrogens (tertiary/aromatic N) is 3. The summed E-state index contributed by atoms with van der Waals surface area (Å²) in [6, 6.07) is 12.0. The van der Waals surface area contributed by atoms with Gasteiger partial charge in [-0.1, -0.05) is 56.0 Å². The number of amides is 1. The number of benzene rings is 1. The topological polar surface area (TPSA) is 81.2 Å². The number of carbonyl (C=O) groups is 2. The van der Waals surface area contributed by atoms with Crippen LogP contribution < -0.4 is 17.7 Å². The van der Waals surface area contributed by atoms with Crippen molar-refractivity contribution in [2.75, 3.05) is 31.5 Å². The summed E-state index contributed by atoms with van der Waals surface area (Å²) in [5.74, 6) is 1.46. The Labute approximate surface area is 220 Å². The van der Waals surface area contributed by atoms with Crippen LogP contribution in [-0.4, -0.2) is 58.6 Å². The number of halogens is 1. The lowest BCUT2D eigenvalue weighted by molar-refractivity contribution is -0.939. The molecule has 8 heteroatoms. The highest BCUT2D eigenvalue weighted by molar-refractivity contribution is 5.90. The number of fused-ring (bicyclic) bond motifs is 3. The summed E-state index contributed by atoms with van der Waals surface area (Å²) in [4.78, 5) is 35.2. The van der Waals surface area contributed by atoms with E-state index in [0.717, 1.165) is 63.7 Å². The Balaban J connectivity index is 0.00000304. The van der Waals surface area contributed by atoms with Crippen LogP contribution in [0, 0.1) is 12.8 Å². The minimum Gasteiger partial charge on any atom is -1.00 e. The van der Waals surface area contributed by atoms with Crippen LogP contribution in [0.1, 0.15) is 62.8 Å². The molecule has 0 radical (unpaired) electrons. The molecule has 4 fully saturated rings. The Hall–Kier alpha value is -2.51. The van der Waals surface area contributed by atoms with Crippen molar-refractivity contribution in [3.05, 3.63) is 54.0 Å². The molecule has 0 unspecified atom stereocenters. The summed E-state index contributed by atoms with van der Waals surface area (Å²) in [6.45, 7) is 4.82. The second-order valence-electron chi connectivity index (χ2n) is 10.8. The lowest BCUT2D eigenvalue weighted by atomic mass is 9.74. The van der Waals surface area contributed by atoms with Crippen molar-refractivity contribution in [2.24, 2.45) is 5.92 Å². The molecule has 194 valence electrons. The number of ether oxygens (including phenoxy) is 1. The second kappa shape index (κ2) is 11.3. The smallest absolute Gasteiger partial charge is 0.317 e. The molecular weight excluding hydrogens is 476 g/mol. The van der Waals surface area contributed by atoms with Crippen molar-refractivity contribution in [3.63, 3.8) is 0 Å². The fourth-order valence-electron chi connectivity index (χ4n) is 6.54. The van der Waals surface area contributed by atoms with Crippen LogP contribution in [0.4, 0.5) is 5.82 Å². The lowest BCUT2D eigenvalue weighted by Crippen LogP contribution is -3.00. The van der Waals surface area contributed by atoms with Crippen molar-refractivity contribution in [1.82, 2.24) is 9.97 Å². The minimum atomic E-state index is -0.545. The van der Waals surface area contributed by atoms with Gasteiger partial charge >= 0.3 is 5.97 Å². The number of hydrogen-bond donors (Lipinski definition) is 1. The van der Waals surface area contributed by atoms with Crippen molar-refractivity contribution in [2.45, 2.75) is 69.8 Å². The van der Waals surface area contributed by atoms with E-state index in [4.69, 9.17) is 4.74 Å². The van der Waals surface area contributed by atoms with E-state index in [1.807, 2.05) is 25.1 Å². The number of quaternary nitrogens is 1. The van der Waals surface area contributed by atoms with Crippen LogP contribution >= 0.6 is 0 Å². The summed E-state index contributed by atoms with van der Waals surface area (Å²) in [6.07, 6.45) is 9.70. The van der Waals surface area contributed by atoms with Gasteiger partial charge in [0.15, 0.2) is 12.6 Å². The number of rotatable bonds is 6. The standard InChI is InChI=1S/C28H36N4O3.ClH/c1-21-29-16-11-25(30-21)31-26(33)20-32-17-12-22(13-18-32)24(19-32)35-27(34)28(14-7-2-3-8-15-28)23-9-5-4-6-10-23;/h4-6,9-11,16,22,24H,2-3,7-8,12-15,17-20H2,1H3;1H/t22?,24-,32?;/m0./s1. The molecule has 0 spiro atoms. The first-order chi connectivity index (χ1) is 17.0. The number of nitrogens with one attached hydrogen (secondary N) is 1. The molecule has 36 heavy (non-hydrogen) atoms. The average molecular weight is 513 g/mol. The third-order valence-electron chi connectivity index (χ3n) is 8.50. The summed E-state index contributed by atoms with van der Waals surface area (Å²) < 4.78 is 7.10. The molecule has 1 aliphatic carbocycles. The van der Waals surface area contributed by atoms with Gasteiger partial charge in [0.25, 0.3) is 5.91 Å². The number of esters is 1. The first-order valence-electron chi connectivity index (χ1n) is 13.2. The van der Waals surface area contributed by atoms with Crippen molar-refractivity contribution < 1.29 is 31.2 Å². The highest BCUT2D eigenvalue weighted by Gasteiger charge is 2.51. The fraction of sp³-hybridized carbons (Fsp3) is 0.571. The molecule has 6 rings (SSSR count). The summed E-state index contributed by atoms with van der Waals surface area (Å²) in [7, 11) is 0. The highest BCUT2D eigenvalue weighted by Crippen LogP contribution is 2.42. The first kappa shape index (κ1) is 26.6. The predicted octanol–water partition coefficient (Wildman–Crippen LogP) is 1.17. The summed E-state index contributed by atoms with van der Waals surface area (Å²) in [5.41, 5.74) is 0.549. The molecule has 1 aromatic heterocycles. The Bertz CT molecular complexity index is 1050. The molecule has 3 saturated heterocycles. The van der Waals surface area contributed by atoms with Crippen LogP contribution in [0.5, 0.6) is 0 Å². The lowest BCUT2D eigenvalue weighted by Gasteiger charge is -2.52. The molecule has 1 atom stereocenters. The maximum atomic E-state index is 13.9. The third kappa shape index (κ3) is 5.57. The Morgan fingerprint density at radius 3 is 2.42 bits per heavy atom. The predicted molar refractivity (Wildman–Crippen MR) is 134 cm³/mol. The van der Waals surface area contributed by atoms with E-state index in [2.05, 4.69) is 27.4 Å². The van der Waals surface area contributed by atoms with Crippen LogP contribution in [0.3, 0.4) is 0 Å². The molecule has 1 amide bonds. The van der Waals surface area contributed by atoms with Crippen LogP contribution in [0.2, 0.25) is 0 Å². The summed E-state index contributed by atoms with van der Waals surface area (Å²) in [5, 5.41) is 2.93. The van der Waals surface area contributed by atoms with Gasteiger partial charge in [0.05, 0.1) is 18.5 Å². The summed E-state index contributed by atoms with van der Waals surface area (Å²) >= 11 is 0. The normalized spacial score (nSPS) is 26.8. The van der Waals surface area contributed by atoms with Gasteiger partial charge in [0.2, 0.25) is 0 Å². The van der Waals surface area contributed by atoms with E-state index < -0.39 is 5.41 Å². The van der Waals surface area contributed by atoms with Crippen LogP contribution in [-0.2, 0) is 19.7 Å². The zero-order valence-corrected chi connectivity index (χ0v) is 21.9. The van der Waals surface area contributed by atoms with Crippen molar-refractivity contribution in [3.8, 4) is 0 Å². The number of aryl methyl sites for hydroxylation is 1. The van der Waals surface area contributed by atoms with E-state index >= 15 is 0 Å². The van der Waals surface area contributed by atoms with Gasteiger partial charge in [-0.3, -0.25) is 9.59 Å². The van der Waals surface area contributed by atoms with Gasteiger partial charge in [-0.05, 0) is 31.4 Å². The van der Waals surface area contributed by atoms with Crippen LogP contribution in [0.25, 0.3) is 0 Å². The molecule has 1 N–H and O–H groups in total. The highest BCUT2D eigenvalue weighted by atomic mass is 35.5. The van der Waals surface area contributed by atoms with Gasteiger partial charge in [0, 0.05) is 25.0 Å². The number of aromatic nitrogens is 2. The van der Waals surface area contributed by atoms with Gasteiger partial charge in [0.1, 0.15) is 18.2 Å². The maximum Gasteiger partial charge on any atom is 0.317 e. The molecule has 3 aliphatic heterocycles. The molecule has 2 bridgehead atoms. The van der Waals surface area contributed by atoms with Gasteiger partial charge in [-0.2, -0.15) is 0 Å². The van der Waals surface area contributed by atoms with E-state index in [-0.39, 0.29) is 30.4 Å². The quantitative estimate of drug-likeness (QED) is 0.357. The molecule has 2 aromatic rings. The first-order valence-corrected chi connectivity index (χ1v) is 13.2. The maximum absolute atomic E-state index is 13.9. The number of hydrogen-bond acceptors (Lipinski definition) is 5. The Morgan fingerprint density at radius 2 is 1.75 bits per heavy atom. The number of piperidine rings is 3. The minimum absolute atomic E-state index is 0. The molecule has 4 heterocycles. The molecular formula is C28H37ClN4O3. The average Bonchev–Trinajstić information content (AvgIpc) is 3.12. The monoisotopic (exact) mass is 512 g/mol. The van der Waals surface area contributed by atoms with E-state index in [0.29, 0.717) is 28.6 Å². The van der Waals surface area contributed by atoms with E-state index in [1.54, 1.807) is 12.3 Å². The molecule has 4 aliphatic rings. The molecule has 1 saturated carbocycles. The number of carbonyl (C=O) groups excluding carboxylic acids is 2. The van der Waals surface area contributed by atoms with Gasteiger partial charge in [-0.25, -0.2) is 9.97 Å². The SMILES string of the molecule is Cc1nccc(NC(=O)C[N+]23CCC(CC2)[C@@H](OC(=O)C2(c4ccccc4)CCCCCC2)C3)n1.[Cl-]. The second-order valence-corrected chi connectivity index (χ2v) is 10.8. The van der Waals surface area contributed by atoms with Crippen molar-refractivity contribution in [1.29, 1.82) is 0 Å². The largest absolute Gasteiger partial charge is 1.00 e. The zero-order chi connectivity index (χ0) is 24.3.